The summed E-state index contributed by atoms with van der Waals surface area (Å²) in [5.74, 6) is 0.264. The first-order chi connectivity index (χ1) is 19.5. The van der Waals surface area contributed by atoms with Gasteiger partial charge in [-0.2, -0.15) is 9.78 Å². The molecule has 1 N–H and O–H groups in total. The number of ether oxygens (including phenoxy) is 3. The van der Waals surface area contributed by atoms with Crippen molar-refractivity contribution in [1.29, 1.82) is 0 Å². The van der Waals surface area contributed by atoms with Crippen LogP contribution in [0.2, 0.25) is 0 Å². The van der Waals surface area contributed by atoms with Gasteiger partial charge in [0.05, 0.1) is 37.8 Å². The van der Waals surface area contributed by atoms with Gasteiger partial charge in [-0.1, -0.05) is 36.4 Å². The summed E-state index contributed by atoms with van der Waals surface area (Å²) in [6, 6.07) is 18.7. The van der Waals surface area contributed by atoms with Crippen LogP contribution in [0, 0.1) is 6.92 Å². The van der Waals surface area contributed by atoms with E-state index >= 15 is 0 Å². The van der Waals surface area contributed by atoms with Gasteiger partial charge in [-0.15, -0.1) is 0 Å². The molecule has 0 amide bonds. The average molecular weight is 541 g/mol. The minimum absolute atomic E-state index is 0.0107. The molecule has 0 aliphatic carbocycles. The number of aryl methyl sites for hydroxylation is 1. The van der Waals surface area contributed by atoms with Gasteiger partial charge in [0.15, 0.2) is 5.82 Å². The second-order valence-corrected chi connectivity index (χ2v) is 10.1. The lowest BCUT2D eigenvalue weighted by molar-refractivity contribution is -0.0695. The molecule has 0 atom stereocenters. The van der Waals surface area contributed by atoms with E-state index in [0.717, 1.165) is 55.2 Å². The third-order valence-corrected chi connectivity index (χ3v) is 7.51. The van der Waals surface area contributed by atoms with E-state index in [1.807, 2.05) is 37.3 Å². The number of aromatic nitrogens is 3. The SMILES string of the molecule is CCOc1c(C(=O)O)cnn1-c1cccc(-c2cccc(C)c2OCc2ccc3c(c2)CCN(C2COC2)C3)n1. The van der Waals surface area contributed by atoms with Gasteiger partial charge < -0.3 is 19.3 Å². The number of carboxylic acids is 1. The minimum Gasteiger partial charge on any atom is -0.488 e. The molecule has 206 valence electrons. The molecule has 6 rings (SSSR count). The van der Waals surface area contributed by atoms with E-state index in [2.05, 4.69) is 28.2 Å². The maximum atomic E-state index is 11.7. The van der Waals surface area contributed by atoms with Gasteiger partial charge in [-0.05, 0) is 60.7 Å². The van der Waals surface area contributed by atoms with Gasteiger partial charge in [0, 0.05) is 18.7 Å². The quantitative estimate of drug-likeness (QED) is 0.327. The highest BCUT2D eigenvalue weighted by molar-refractivity contribution is 5.90. The van der Waals surface area contributed by atoms with Gasteiger partial charge in [0.1, 0.15) is 17.9 Å². The molecule has 0 spiro atoms. The molecule has 0 radical (unpaired) electrons. The Labute approximate surface area is 232 Å². The lowest BCUT2D eigenvalue weighted by Crippen LogP contribution is -2.50. The Hall–Kier alpha value is -4.21. The number of carbonyl (C=O) groups is 1. The summed E-state index contributed by atoms with van der Waals surface area (Å²) in [5.41, 5.74) is 6.44. The molecule has 2 aliphatic heterocycles. The van der Waals surface area contributed by atoms with Crippen LogP contribution in [0.4, 0.5) is 0 Å². The largest absolute Gasteiger partial charge is 0.488 e. The predicted octanol–water partition coefficient (Wildman–Crippen LogP) is 4.68. The smallest absolute Gasteiger partial charge is 0.342 e. The van der Waals surface area contributed by atoms with E-state index in [1.165, 1.54) is 22.0 Å². The van der Waals surface area contributed by atoms with Gasteiger partial charge in [0.2, 0.25) is 5.88 Å². The number of aromatic carboxylic acids is 1. The molecule has 4 aromatic rings. The second-order valence-electron chi connectivity index (χ2n) is 10.1. The second kappa shape index (κ2) is 11.1. The third-order valence-electron chi connectivity index (χ3n) is 7.51. The molecule has 2 aromatic heterocycles. The number of pyridine rings is 1. The van der Waals surface area contributed by atoms with E-state index in [0.29, 0.717) is 30.8 Å². The summed E-state index contributed by atoms with van der Waals surface area (Å²) in [6.45, 7) is 8.29. The maximum Gasteiger partial charge on any atom is 0.342 e. The third kappa shape index (κ3) is 5.05. The van der Waals surface area contributed by atoms with Crippen LogP contribution in [0.3, 0.4) is 0 Å². The fourth-order valence-electron chi connectivity index (χ4n) is 5.28. The van der Waals surface area contributed by atoms with Crippen molar-refractivity contribution in [2.24, 2.45) is 0 Å². The monoisotopic (exact) mass is 540 g/mol. The molecule has 4 heterocycles. The minimum atomic E-state index is -1.10. The number of hydrogen-bond donors (Lipinski definition) is 1. The zero-order valence-corrected chi connectivity index (χ0v) is 22.7. The molecule has 1 fully saturated rings. The summed E-state index contributed by atoms with van der Waals surface area (Å²) in [6.07, 6.45) is 2.31. The summed E-state index contributed by atoms with van der Waals surface area (Å²) in [4.78, 5) is 19.0. The van der Waals surface area contributed by atoms with Crippen LogP contribution in [-0.2, 0) is 24.3 Å². The number of carboxylic acid groups (broad SMARTS) is 1. The van der Waals surface area contributed by atoms with Crippen molar-refractivity contribution in [3.63, 3.8) is 0 Å². The predicted molar refractivity (Wildman–Crippen MR) is 149 cm³/mol. The van der Waals surface area contributed by atoms with Crippen molar-refractivity contribution < 1.29 is 24.1 Å². The van der Waals surface area contributed by atoms with Crippen molar-refractivity contribution in [2.45, 2.75) is 39.5 Å². The zero-order chi connectivity index (χ0) is 27.6. The van der Waals surface area contributed by atoms with Gasteiger partial charge in [-0.3, -0.25) is 4.90 Å². The lowest BCUT2D eigenvalue weighted by atomic mass is 9.96. The molecule has 40 heavy (non-hydrogen) atoms. The molecule has 0 unspecified atom stereocenters. The Bertz CT molecular complexity index is 1540. The molecule has 0 bridgehead atoms. The number of benzene rings is 2. The highest BCUT2D eigenvalue weighted by Crippen LogP contribution is 2.34. The molecule has 9 nitrogen and oxygen atoms in total. The number of rotatable bonds is 9. The van der Waals surface area contributed by atoms with Crippen LogP contribution in [0.1, 0.15) is 39.5 Å². The summed E-state index contributed by atoms with van der Waals surface area (Å²) < 4.78 is 18.8. The first-order valence-corrected chi connectivity index (χ1v) is 13.6. The highest BCUT2D eigenvalue weighted by Gasteiger charge is 2.29. The first kappa shape index (κ1) is 26.0. The fourth-order valence-corrected chi connectivity index (χ4v) is 5.28. The van der Waals surface area contributed by atoms with Crippen molar-refractivity contribution in [3.8, 4) is 28.7 Å². The molecule has 1 saturated heterocycles. The molecular weight excluding hydrogens is 508 g/mol. The summed E-state index contributed by atoms with van der Waals surface area (Å²) in [5, 5.41) is 13.8. The van der Waals surface area contributed by atoms with E-state index in [9.17, 15) is 9.90 Å². The van der Waals surface area contributed by atoms with E-state index < -0.39 is 5.97 Å². The van der Waals surface area contributed by atoms with E-state index in [1.54, 1.807) is 13.0 Å². The van der Waals surface area contributed by atoms with Crippen LogP contribution >= 0.6 is 0 Å². The van der Waals surface area contributed by atoms with Gasteiger partial charge in [-0.25, -0.2) is 9.78 Å². The van der Waals surface area contributed by atoms with Crippen LogP contribution in [0.15, 0.2) is 60.8 Å². The standard InChI is InChI=1S/C31H32N4O5/c1-3-39-30-26(31(36)37)15-32-35(30)28-9-5-8-27(33-28)25-7-4-6-20(2)29(25)40-17-21-10-11-23-16-34(24-18-38-19-24)13-12-22(23)14-21/h4-11,14-15,24H,3,12-13,16-19H2,1-2H3,(H,36,37). The highest BCUT2D eigenvalue weighted by atomic mass is 16.5. The molecule has 9 heteroatoms. The Morgan fingerprint density at radius 2 is 1.95 bits per heavy atom. The number of para-hydroxylation sites is 1. The first-order valence-electron chi connectivity index (χ1n) is 13.6. The molecule has 0 saturated carbocycles. The zero-order valence-electron chi connectivity index (χ0n) is 22.7. The van der Waals surface area contributed by atoms with Crippen LogP contribution in [-0.4, -0.2) is 63.1 Å². The number of fused-ring (bicyclic) bond motifs is 1. The fraction of sp³-hybridized carbons (Fsp3) is 0.323. The van der Waals surface area contributed by atoms with Crippen molar-refractivity contribution in [3.05, 3.63) is 88.6 Å². The van der Waals surface area contributed by atoms with Crippen molar-refractivity contribution in [1.82, 2.24) is 19.7 Å². The van der Waals surface area contributed by atoms with Crippen LogP contribution < -0.4 is 9.47 Å². The average Bonchev–Trinajstić information content (AvgIpc) is 3.35. The summed E-state index contributed by atoms with van der Waals surface area (Å²) >= 11 is 0. The van der Waals surface area contributed by atoms with Crippen molar-refractivity contribution in [2.75, 3.05) is 26.4 Å². The molecule has 2 aromatic carbocycles. The lowest BCUT2D eigenvalue weighted by Gasteiger charge is -2.40. The van der Waals surface area contributed by atoms with Gasteiger partial charge >= 0.3 is 5.97 Å². The van der Waals surface area contributed by atoms with Crippen molar-refractivity contribution >= 4 is 5.97 Å². The van der Waals surface area contributed by atoms with Crippen LogP contribution in [0.25, 0.3) is 17.1 Å². The Morgan fingerprint density at radius 3 is 2.73 bits per heavy atom. The molecular formula is C31H32N4O5. The summed E-state index contributed by atoms with van der Waals surface area (Å²) in [7, 11) is 0. The number of hydrogen-bond acceptors (Lipinski definition) is 7. The Kier molecular flexibility index (Phi) is 7.23. The Balaban J connectivity index is 1.24. The van der Waals surface area contributed by atoms with E-state index in [-0.39, 0.29) is 11.4 Å². The number of nitrogens with zero attached hydrogens (tertiary/aromatic N) is 4. The molecule has 2 aliphatic rings. The Morgan fingerprint density at radius 1 is 1.10 bits per heavy atom. The maximum absolute atomic E-state index is 11.7. The van der Waals surface area contributed by atoms with Gasteiger partial charge in [0.25, 0.3) is 0 Å². The van der Waals surface area contributed by atoms with Crippen LogP contribution in [0.5, 0.6) is 11.6 Å². The topological polar surface area (TPSA) is 98.9 Å². The van der Waals surface area contributed by atoms with E-state index in [4.69, 9.17) is 19.2 Å². The normalized spacial score (nSPS) is 15.3.